The van der Waals surface area contributed by atoms with E-state index >= 15 is 0 Å². The molecule has 1 N–H and O–H groups in total. The summed E-state index contributed by atoms with van der Waals surface area (Å²) >= 11 is 0. The minimum absolute atomic E-state index is 0.454. The lowest BCUT2D eigenvalue weighted by Crippen LogP contribution is -2.40. The van der Waals surface area contributed by atoms with Gasteiger partial charge in [-0.15, -0.1) is 0 Å². The molecular formula is C16H22N2O. The SMILES string of the molecule is CC1CCN(c2cc(C#N)ccc2[C@H](C)O)C(C)C1. The third-order valence-corrected chi connectivity index (χ3v) is 4.06. The van der Waals surface area contributed by atoms with Crippen LogP contribution >= 0.6 is 0 Å². The first-order valence-corrected chi connectivity index (χ1v) is 7.01. The Kier molecular flexibility index (Phi) is 4.11. The van der Waals surface area contributed by atoms with Crippen molar-refractivity contribution in [3.05, 3.63) is 29.3 Å². The second-order valence-electron chi connectivity index (χ2n) is 5.73. The van der Waals surface area contributed by atoms with Gasteiger partial charge in [-0.2, -0.15) is 5.26 Å². The third-order valence-electron chi connectivity index (χ3n) is 4.06. The monoisotopic (exact) mass is 258 g/mol. The van der Waals surface area contributed by atoms with Gasteiger partial charge in [-0.25, -0.2) is 0 Å². The highest BCUT2D eigenvalue weighted by Gasteiger charge is 2.25. The maximum Gasteiger partial charge on any atom is 0.0992 e. The molecule has 0 aliphatic carbocycles. The number of anilines is 1. The largest absolute Gasteiger partial charge is 0.389 e. The van der Waals surface area contributed by atoms with E-state index in [4.69, 9.17) is 5.26 Å². The number of rotatable bonds is 2. The molecule has 0 spiro atoms. The smallest absolute Gasteiger partial charge is 0.0992 e. The molecule has 1 aromatic carbocycles. The minimum atomic E-state index is -0.505. The molecule has 0 amide bonds. The second kappa shape index (κ2) is 5.63. The molecule has 1 aliphatic rings. The molecule has 2 unspecified atom stereocenters. The van der Waals surface area contributed by atoms with Crippen molar-refractivity contribution in [1.29, 1.82) is 5.26 Å². The molecule has 0 radical (unpaired) electrons. The van der Waals surface area contributed by atoms with E-state index in [-0.39, 0.29) is 0 Å². The van der Waals surface area contributed by atoms with Gasteiger partial charge < -0.3 is 10.0 Å². The molecule has 0 bridgehead atoms. The van der Waals surface area contributed by atoms with E-state index in [1.807, 2.05) is 12.1 Å². The van der Waals surface area contributed by atoms with E-state index in [0.717, 1.165) is 30.1 Å². The van der Waals surface area contributed by atoms with Crippen molar-refractivity contribution in [3.63, 3.8) is 0 Å². The van der Waals surface area contributed by atoms with Crippen molar-refractivity contribution in [3.8, 4) is 6.07 Å². The molecule has 0 saturated carbocycles. The van der Waals surface area contributed by atoms with Gasteiger partial charge in [0, 0.05) is 23.8 Å². The molecule has 2 rings (SSSR count). The molecule has 3 heteroatoms. The average Bonchev–Trinajstić information content (AvgIpc) is 2.38. The number of hydrogen-bond acceptors (Lipinski definition) is 3. The van der Waals surface area contributed by atoms with Crippen molar-refractivity contribution in [2.24, 2.45) is 5.92 Å². The van der Waals surface area contributed by atoms with Crippen LogP contribution < -0.4 is 4.90 Å². The van der Waals surface area contributed by atoms with Crippen LogP contribution in [0.1, 0.15) is 50.8 Å². The Labute approximate surface area is 115 Å². The fourth-order valence-electron chi connectivity index (χ4n) is 2.98. The topological polar surface area (TPSA) is 47.3 Å². The summed E-state index contributed by atoms with van der Waals surface area (Å²) < 4.78 is 0. The van der Waals surface area contributed by atoms with Crippen LogP contribution in [0, 0.1) is 17.2 Å². The first-order chi connectivity index (χ1) is 9.02. The highest BCUT2D eigenvalue weighted by Crippen LogP contribution is 2.33. The summed E-state index contributed by atoms with van der Waals surface area (Å²) in [5.74, 6) is 0.750. The Balaban J connectivity index is 2.39. The van der Waals surface area contributed by atoms with Gasteiger partial charge in [0.1, 0.15) is 0 Å². The Morgan fingerprint density at radius 1 is 1.42 bits per heavy atom. The zero-order valence-electron chi connectivity index (χ0n) is 11.9. The predicted octanol–water partition coefficient (Wildman–Crippen LogP) is 3.24. The van der Waals surface area contributed by atoms with Gasteiger partial charge in [0.05, 0.1) is 17.7 Å². The zero-order valence-corrected chi connectivity index (χ0v) is 11.9. The first kappa shape index (κ1) is 13.9. The van der Waals surface area contributed by atoms with E-state index in [9.17, 15) is 5.11 Å². The highest BCUT2D eigenvalue weighted by molar-refractivity contribution is 5.59. The molecule has 1 aliphatic heterocycles. The van der Waals surface area contributed by atoms with Crippen molar-refractivity contribution in [1.82, 2.24) is 0 Å². The summed E-state index contributed by atoms with van der Waals surface area (Å²) in [6.45, 7) is 7.29. The molecular weight excluding hydrogens is 236 g/mol. The van der Waals surface area contributed by atoms with Gasteiger partial charge in [-0.3, -0.25) is 0 Å². The summed E-state index contributed by atoms with van der Waals surface area (Å²) in [5.41, 5.74) is 2.60. The zero-order chi connectivity index (χ0) is 14.0. The molecule has 3 atom stereocenters. The minimum Gasteiger partial charge on any atom is -0.389 e. The standard InChI is InChI=1S/C16H22N2O/c1-11-6-7-18(12(2)8-11)16-9-14(10-17)4-5-15(16)13(3)19/h4-5,9,11-13,19H,6-8H2,1-3H3/t11?,12?,13-/m0/s1. The van der Waals surface area contributed by atoms with Crippen LogP contribution in [-0.2, 0) is 0 Å². The van der Waals surface area contributed by atoms with Crippen molar-refractivity contribution in [2.75, 3.05) is 11.4 Å². The van der Waals surface area contributed by atoms with Crippen LogP contribution in [-0.4, -0.2) is 17.7 Å². The van der Waals surface area contributed by atoms with Crippen molar-refractivity contribution >= 4 is 5.69 Å². The van der Waals surface area contributed by atoms with Crippen LogP contribution in [0.15, 0.2) is 18.2 Å². The molecule has 1 heterocycles. The number of hydrogen-bond donors (Lipinski definition) is 1. The summed E-state index contributed by atoms with van der Waals surface area (Å²) in [4.78, 5) is 2.34. The molecule has 0 aromatic heterocycles. The number of nitrogens with zero attached hydrogens (tertiary/aromatic N) is 2. The maximum absolute atomic E-state index is 9.93. The average molecular weight is 258 g/mol. The van der Waals surface area contributed by atoms with Crippen LogP contribution in [0.3, 0.4) is 0 Å². The van der Waals surface area contributed by atoms with Gasteiger partial charge in [0.15, 0.2) is 0 Å². The summed E-state index contributed by atoms with van der Waals surface area (Å²) in [7, 11) is 0. The summed E-state index contributed by atoms with van der Waals surface area (Å²) in [6.07, 6.45) is 1.82. The predicted molar refractivity (Wildman–Crippen MR) is 77.0 cm³/mol. The Morgan fingerprint density at radius 3 is 2.74 bits per heavy atom. The number of benzene rings is 1. The Hall–Kier alpha value is -1.53. The lowest BCUT2D eigenvalue weighted by Gasteiger charge is -2.39. The maximum atomic E-state index is 9.93. The molecule has 102 valence electrons. The summed E-state index contributed by atoms with van der Waals surface area (Å²) in [5, 5.41) is 19.0. The van der Waals surface area contributed by atoms with E-state index in [0.29, 0.717) is 11.6 Å². The van der Waals surface area contributed by atoms with Gasteiger partial charge in [0.2, 0.25) is 0 Å². The normalized spacial score (nSPS) is 24.9. The third kappa shape index (κ3) is 2.90. The molecule has 19 heavy (non-hydrogen) atoms. The highest BCUT2D eigenvalue weighted by atomic mass is 16.3. The fourth-order valence-corrected chi connectivity index (χ4v) is 2.98. The lowest BCUT2D eigenvalue weighted by molar-refractivity contribution is 0.199. The number of aliphatic hydroxyl groups excluding tert-OH is 1. The fraction of sp³-hybridized carbons (Fsp3) is 0.562. The van der Waals surface area contributed by atoms with Crippen LogP contribution in [0.4, 0.5) is 5.69 Å². The number of nitriles is 1. The number of piperidine rings is 1. The van der Waals surface area contributed by atoms with E-state index in [1.165, 1.54) is 6.42 Å². The van der Waals surface area contributed by atoms with Gasteiger partial charge in [-0.1, -0.05) is 13.0 Å². The van der Waals surface area contributed by atoms with E-state index in [1.54, 1.807) is 13.0 Å². The molecule has 1 saturated heterocycles. The Morgan fingerprint density at radius 2 is 2.16 bits per heavy atom. The van der Waals surface area contributed by atoms with Gasteiger partial charge in [0.25, 0.3) is 0 Å². The van der Waals surface area contributed by atoms with Crippen molar-refractivity contribution < 1.29 is 5.11 Å². The Bertz CT molecular complexity index is 490. The number of aliphatic hydroxyl groups is 1. The van der Waals surface area contributed by atoms with Crippen LogP contribution in [0.25, 0.3) is 0 Å². The van der Waals surface area contributed by atoms with Gasteiger partial charge >= 0.3 is 0 Å². The van der Waals surface area contributed by atoms with Crippen molar-refractivity contribution in [2.45, 2.75) is 45.8 Å². The molecule has 3 nitrogen and oxygen atoms in total. The molecule has 1 fully saturated rings. The van der Waals surface area contributed by atoms with Gasteiger partial charge in [-0.05, 0) is 44.7 Å². The molecule has 1 aromatic rings. The van der Waals surface area contributed by atoms with E-state index < -0.39 is 6.10 Å². The summed E-state index contributed by atoms with van der Waals surface area (Å²) in [6, 6.07) is 8.21. The van der Waals surface area contributed by atoms with Crippen LogP contribution in [0.5, 0.6) is 0 Å². The quantitative estimate of drug-likeness (QED) is 0.886. The van der Waals surface area contributed by atoms with E-state index in [2.05, 4.69) is 24.8 Å². The lowest BCUT2D eigenvalue weighted by atomic mass is 9.91. The second-order valence-corrected chi connectivity index (χ2v) is 5.73. The van der Waals surface area contributed by atoms with Crippen LogP contribution in [0.2, 0.25) is 0 Å². The first-order valence-electron chi connectivity index (χ1n) is 7.01.